The average molecular weight is 144 g/mol. The van der Waals surface area contributed by atoms with Gasteiger partial charge in [0.15, 0.2) is 0 Å². The Hall–Kier alpha value is -0.668. The molecule has 0 saturated carbocycles. The molecule has 0 radical (unpaired) electrons. The summed E-state index contributed by atoms with van der Waals surface area (Å²) < 4.78 is 27.0. The van der Waals surface area contributed by atoms with E-state index in [-0.39, 0.29) is 0 Å². The van der Waals surface area contributed by atoms with Crippen molar-refractivity contribution >= 4 is 0 Å². The van der Waals surface area contributed by atoms with E-state index in [0.29, 0.717) is 0 Å². The fourth-order valence-electron chi connectivity index (χ4n) is 0.122. The molecule has 0 saturated heterocycles. The zero-order valence-corrected chi connectivity index (χ0v) is 4.21. The van der Waals surface area contributed by atoms with Crippen molar-refractivity contribution in [2.75, 3.05) is 0 Å². The van der Waals surface area contributed by atoms with Gasteiger partial charge in [-0.2, -0.15) is 0 Å². The van der Waals surface area contributed by atoms with E-state index in [0.717, 1.165) is 0 Å². The van der Waals surface area contributed by atoms with E-state index in [2.05, 4.69) is 18.3 Å². The normalized spacial score (nSPS) is 23.4. The first kappa shape index (κ1) is 4.49. The van der Waals surface area contributed by atoms with Crippen LogP contribution in [0.5, 0.6) is 0 Å². The van der Waals surface area contributed by atoms with Crippen molar-refractivity contribution in [1.29, 1.82) is 0 Å². The third-order valence-corrected chi connectivity index (χ3v) is 1.06. The monoisotopic (exact) mass is 144 g/mol. The molecule has 0 aliphatic carbocycles. The Balaban J connectivity index is 2.88. The minimum absolute atomic E-state index is 2.58. The van der Waals surface area contributed by atoms with Crippen molar-refractivity contribution in [1.82, 2.24) is 0 Å². The molecule has 0 spiro atoms. The molecule has 7 heavy (non-hydrogen) atoms. The first-order valence-corrected chi connectivity index (χ1v) is 3.31. The SMILES string of the molecule is [O]=[Cr]1(=[O])[O]N=N[O]1. The van der Waals surface area contributed by atoms with Crippen LogP contribution in [0, 0.1) is 0 Å². The summed E-state index contributed by atoms with van der Waals surface area (Å²) in [6.45, 7) is 0. The van der Waals surface area contributed by atoms with Crippen LogP contribution in [0.2, 0.25) is 0 Å². The van der Waals surface area contributed by atoms with E-state index in [9.17, 15) is 7.61 Å². The van der Waals surface area contributed by atoms with Crippen molar-refractivity contribution in [2.45, 2.75) is 0 Å². The Morgan fingerprint density at radius 2 is 1.57 bits per heavy atom. The van der Waals surface area contributed by atoms with Gasteiger partial charge in [0.2, 0.25) is 0 Å². The van der Waals surface area contributed by atoms with Gasteiger partial charge in [0.1, 0.15) is 0 Å². The third kappa shape index (κ3) is 0.853. The van der Waals surface area contributed by atoms with Crippen molar-refractivity contribution in [3.05, 3.63) is 0 Å². The zero-order chi connectivity index (χ0) is 5.33. The first-order chi connectivity index (χ1) is 3.21. The summed E-state index contributed by atoms with van der Waals surface area (Å²) in [5, 5.41) is 5.17. The second-order valence-electron chi connectivity index (χ2n) is 0.721. The number of hydrogen-bond acceptors (Lipinski definition) is 6. The summed E-state index contributed by atoms with van der Waals surface area (Å²) in [5.74, 6) is 0. The molecule has 6 nitrogen and oxygen atoms in total. The Labute approximate surface area is 40.4 Å². The van der Waals surface area contributed by atoms with Crippen LogP contribution in [0.3, 0.4) is 0 Å². The predicted octanol–water partition coefficient (Wildman–Crippen LogP) is -0.00970. The molecule has 0 aromatic carbocycles. The molecule has 0 bridgehead atoms. The van der Waals surface area contributed by atoms with E-state index in [1.54, 1.807) is 0 Å². The molecule has 0 aromatic heterocycles. The molecule has 0 unspecified atom stereocenters. The van der Waals surface area contributed by atoms with E-state index < -0.39 is 13.6 Å². The van der Waals surface area contributed by atoms with Gasteiger partial charge in [0, 0.05) is 0 Å². The van der Waals surface area contributed by atoms with E-state index in [1.165, 1.54) is 0 Å². The van der Waals surface area contributed by atoms with Crippen molar-refractivity contribution in [2.24, 2.45) is 10.6 Å². The van der Waals surface area contributed by atoms with Gasteiger partial charge in [0.05, 0.1) is 0 Å². The van der Waals surface area contributed by atoms with E-state index >= 15 is 0 Å². The molecule has 0 N–H and O–H groups in total. The second kappa shape index (κ2) is 1.15. The van der Waals surface area contributed by atoms with Crippen molar-refractivity contribution < 1.29 is 29.0 Å². The maximum atomic E-state index is 9.87. The molecule has 1 heterocycles. The van der Waals surface area contributed by atoms with Crippen LogP contribution in [0.4, 0.5) is 0 Å². The van der Waals surface area contributed by atoms with Crippen LogP contribution in [0.25, 0.3) is 0 Å². The number of hydrogen-bond donors (Lipinski definition) is 0. The Morgan fingerprint density at radius 3 is 1.71 bits per heavy atom. The van der Waals surface area contributed by atoms with Crippen LogP contribution in [0.15, 0.2) is 10.6 Å². The number of rotatable bonds is 0. The second-order valence-corrected chi connectivity index (χ2v) is 2.46. The molecule has 0 aromatic rings. The summed E-state index contributed by atoms with van der Waals surface area (Å²) in [6, 6.07) is 0. The molecule has 0 amide bonds. The quantitative estimate of drug-likeness (QED) is 0.479. The first-order valence-electron chi connectivity index (χ1n) is 1.23. The van der Waals surface area contributed by atoms with Crippen LogP contribution < -0.4 is 0 Å². The molecular weight excluding hydrogens is 144 g/mol. The van der Waals surface area contributed by atoms with Crippen LogP contribution in [-0.4, -0.2) is 0 Å². The molecule has 1 rings (SSSR count). The zero-order valence-electron chi connectivity index (χ0n) is 2.94. The molecule has 0 fully saturated rings. The Kier molecular flexibility index (Phi) is 0.737. The van der Waals surface area contributed by atoms with Gasteiger partial charge in [-0.15, -0.1) is 0 Å². The van der Waals surface area contributed by atoms with Gasteiger partial charge >= 0.3 is 39.6 Å². The molecule has 1 aliphatic rings. The van der Waals surface area contributed by atoms with Gasteiger partial charge in [-0.3, -0.25) is 0 Å². The van der Waals surface area contributed by atoms with E-state index in [4.69, 9.17) is 0 Å². The minimum atomic E-state index is -4.53. The summed E-state index contributed by atoms with van der Waals surface area (Å²) >= 11 is -4.53. The Morgan fingerprint density at radius 1 is 1.14 bits per heavy atom. The van der Waals surface area contributed by atoms with Gasteiger partial charge in [-0.1, -0.05) is 0 Å². The standard InChI is InChI=1S/Cr.H2N2O2.2O/c;3-1-2-4;;/h;(H,1,4)(H,2,3);;/q+2;;;/p-2. The van der Waals surface area contributed by atoms with Gasteiger partial charge < -0.3 is 0 Å². The van der Waals surface area contributed by atoms with Crippen LogP contribution in [0.1, 0.15) is 0 Å². The fraction of sp³-hybridized carbons (Fsp3) is 0. The van der Waals surface area contributed by atoms with Crippen molar-refractivity contribution in [3.8, 4) is 0 Å². The van der Waals surface area contributed by atoms with Gasteiger partial charge in [-0.25, -0.2) is 0 Å². The molecular formula is CrN2O4. The van der Waals surface area contributed by atoms with Crippen LogP contribution in [-0.2, 0) is 29.0 Å². The summed E-state index contributed by atoms with van der Waals surface area (Å²) in [4.78, 5) is 0. The van der Waals surface area contributed by atoms with Gasteiger partial charge in [-0.05, 0) is 0 Å². The summed E-state index contributed by atoms with van der Waals surface area (Å²) in [5.41, 5.74) is 0. The number of nitrogens with zero attached hydrogens (tertiary/aromatic N) is 2. The topological polar surface area (TPSA) is 77.3 Å². The predicted molar refractivity (Wildman–Crippen MR) is 8.40 cm³/mol. The van der Waals surface area contributed by atoms with Crippen molar-refractivity contribution in [3.63, 3.8) is 0 Å². The average Bonchev–Trinajstić information content (AvgIpc) is 1.84. The fourth-order valence-corrected chi connectivity index (χ4v) is 0.505. The molecule has 7 heteroatoms. The van der Waals surface area contributed by atoms with Crippen LogP contribution >= 0.6 is 0 Å². The molecule has 0 atom stereocenters. The summed E-state index contributed by atoms with van der Waals surface area (Å²) in [7, 11) is 0. The maximum absolute atomic E-state index is 9.87. The summed E-state index contributed by atoms with van der Waals surface area (Å²) in [6.07, 6.45) is 0. The third-order valence-electron chi connectivity index (χ3n) is 0.283. The Bertz CT molecular complexity index is 162. The molecule has 1 aliphatic heterocycles. The van der Waals surface area contributed by atoms with Gasteiger partial charge in [0.25, 0.3) is 0 Å². The van der Waals surface area contributed by atoms with E-state index in [1.807, 2.05) is 0 Å². The molecule has 40 valence electrons.